The summed E-state index contributed by atoms with van der Waals surface area (Å²) in [5.41, 5.74) is 0. The number of aliphatic hydroxyl groups is 1. The van der Waals surface area contributed by atoms with Gasteiger partial charge in [-0.15, -0.1) is 0 Å². The minimum Gasteiger partial charge on any atom is -0.462 e. The first-order valence-corrected chi connectivity index (χ1v) is 47.5. The number of carbonyl (C=O) groups is 4. The van der Waals surface area contributed by atoms with Crippen molar-refractivity contribution >= 4 is 39.5 Å². The Morgan fingerprint density at radius 2 is 0.486 bits per heavy atom. The van der Waals surface area contributed by atoms with Crippen molar-refractivity contribution in [3.05, 3.63) is 0 Å². The largest absolute Gasteiger partial charge is 0.472 e. The molecule has 0 amide bonds. The van der Waals surface area contributed by atoms with Crippen LogP contribution in [-0.4, -0.2) is 96.7 Å². The first kappa shape index (κ1) is 103. The van der Waals surface area contributed by atoms with Crippen LogP contribution in [0.1, 0.15) is 459 Å². The van der Waals surface area contributed by atoms with E-state index < -0.39 is 97.5 Å². The third kappa shape index (κ3) is 78.5. The molecular formula is C86H168O17P2. The zero-order valence-electron chi connectivity index (χ0n) is 69.0. The van der Waals surface area contributed by atoms with E-state index in [4.69, 9.17) is 37.0 Å². The highest BCUT2D eigenvalue weighted by atomic mass is 31.2. The monoisotopic (exact) mass is 1540 g/mol. The Bertz CT molecular complexity index is 2010. The average Bonchev–Trinajstić information content (AvgIpc) is 0.926. The summed E-state index contributed by atoms with van der Waals surface area (Å²) in [6.45, 7) is 9.68. The van der Waals surface area contributed by atoms with E-state index in [2.05, 4.69) is 41.5 Å². The second kappa shape index (κ2) is 77.4. The molecule has 0 aromatic heterocycles. The summed E-state index contributed by atoms with van der Waals surface area (Å²) >= 11 is 0. The predicted molar refractivity (Wildman–Crippen MR) is 432 cm³/mol. The summed E-state index contributed by atoms with van der Waals surface area (Å²) in [5.74, 6) is -0.516. The van der Waals surface area contributed by atoms with Crippen LogP contribution in [0.15, 0.2) is 0 Å². The van der Waals surface area contributed by atoms with Gasteiger partial charge in [0.05, 0.1) is 26.4 Å². The van der Waals surface area contributed by atoms with E-state index in [1.807, 2.05) is 0 Å². The first-order chi connectivity index (χ1) is 50.9. The first-order valence-electron chi connectivity index (χ1n) is 44.5. The summed E-state index contributed by atoms with van der Waals surface area (Å²) < 4.78 is 68.8. The molecule has 19 heteroatoms. The van der Waals surface area contributed by atoms with E-state index in [0.29, 0.717) is 25.7 Å². The van der Waals surface area contributed by atoms with Gasteiger partial charge in [0.15, 0.2) is 12.2 Å². The summed E-state index contributed by atoms with van der Waals surface area (Å²) in [7, 11) is -9.92. The third-order valence-corrected chi connectivity index (χ3v) is 22.5. The number of carbonyl (C=O) groups excluding carboxylic acids is 4. The minimum absolute atomic E-state index is 0.105. The molecule has 0 aliphatic carbocycles. The van der Waals surface area contributed by atoms with E-state index in [-0.39, 0.29) is 25.7 Å². The Balaban J connectivity index is 5.19. The van der Waals surface area contributed by atoms with E-state index in [1.165, 1.54) is 276 Å². The Kier molecular flexibility index (Phi) is 76.0. The normalized spacial score (nSPS) is 14.1. The maximum Gasteiger partial charge on any atom is 0.472 e. The Labute approximate surface area is 645 Å². The van der Waals surface area contributed by atoms with Gasteiger partial charge in [0.1, 0.15) is 19.3 Å². The van der Waals surface area contributed by atoms with Gasteiger partial charge in [-0.3, -0.25) is 37.3 Å². The number of ether oxygens (including phenoxy) is 4. The molecule has 0 rings (SSSR count). The fourth-order valence-corrected chi connectivity index (χ4v) is 15.0. The number of aliphatic hydroxyl groups excluding tert-OH is 1. The second-order valence-corrected chi connectivity index (χ2v) is 34.6. The van der Waals surface area contributed by atoms with Crippen LogP contribution in [0, 0.1) is 11.8 Å². The second-order valence-electron chi connectivity index (χ2n) is 31.6. The van der Waals surface area contributed by atoms with Crippen LogP contribution < -0.4 is 0 Å². The summed E-state index contributed by atoms with van der Waals surface area (Å²) in [6, 6.07) is 0. The standard InChI is InChI=1S/C86H168O17P2/c1-7-10-12-14-16-18-20-21-22-23-24-25-26-30-33-36-40-44-51-57-63-69-84(89)97-74-81(102-85(90)70-64-58-52-45-41-37-34-31-28-27-29-32-35-39-42-49-55-61-67-79(6)9-3)76-100-104(92,93)98-72-80(87)73-99-105(94,95)101-77-82(103-86(91)71-65-59-53-47-46-48-54-60-66-78(4)5)75-96-83(88)68-62-56-50-43-38-19-17-15-13-11-8-2/h78-82,87H,7-77H2,1-6H3,(H,92,93)(H,94,95)/t79?,80-,81-,82-/m1/s1. The number of rotatable bonds is 85. The summed E-state index contributed by atoms with van der Waals surface area (Å²) in [6.07, 6.45) is 69.6. The van der Waals surface area contributed by atoms with E-state index in [0.717, 1.165) is 102 Å². The molecule has 0 aromatic rings. The average molecular weight is 1540 g/mol. The van der Waals surface area contributed by atoms with Crippen LogP contribution in [0.2, 0.25) is 0 Å². The van der Waals surface area contributed by atoms with Gasteiger partial charge in [-0.1, -0.05) is 408 Å². The van der Waals surface area contributed by atoms with Gasteiger partial charge in [0.2, 0.25) is 0 Å². The van der Waals surface area contributed by atoms with Crippen molar-refractivity contribution < 1.29 is 80.2 Å². The molecule has 0 aromatic carbocycles. The van der Waals surface area contributed by atoms with E-state index in [9.17, 15) is 43.2 Å². The van der Waals surface area contributed by atoms with Crippen molar-refractivity contribution in [1.82, 2.24) is 0 Å². The van der Waals surface area contributed by atoms with Crippen LogP contribution in [0.4, 0.5) is 0 Å². The molecule has 3 unspecified atom stereocenters. The molecule has 0 radical (unpaired) electrons. The summed E-state index contributed by atoms with van der Waals surface area (Å²) in [4.78, 5) is 73.1. The number of unbranched alkanes of at least 4 members (excludes halogenated alkanes) is 54. The van der Waals surface area contributed by atoms with Crippen molar-refractivity contribution in [2.24, 2.45) is 11.8 Å². The van der Waals surface area contributed by atoms with Gasteiger partial charge in [-0.2, -0.15) is 0 Å². The number of phosphoric ester groups is 2. The van der Waals surface area contributed by atoms with Crippen molar-refractivity contribution in [2.75, 3.05) is 39.6 Å². The molecule has 0 saturated heterocycles. The Morgan fingerprint density at radius 1 is 0.276 bits per heavy atom. The van der Waals surface area contributed by atoms with Crippen molar-refractivity contribution in [3.63, 3.8) is 0 Å². The fraction of sp³-hybridized carbons (Fsp3) is 0.953. The molecular weight excluding hydrogens is 1370 g/mol. The quantitative estimate of drug-likeness (QED) is 0.0222. The van der Waals surface area contributed by atoms with Crippen LogP contribution >= 0.6 is 15.6 Å². The highest BCUT2D eigenvalue weighted by molar-refractivity contribution is 7.47. The number of phosphoric acid groups is 2. The van der Waals surface area contributed by atoms with Gasteiger partial charge in [0, 0.05) is 25.7 Å². The molecule has 6 atom stereocenters. The number of hydrogen-bond donors (Lipinski definition) is 3. The zero-order valence-corrected chi connectivity index (χ0v) is 70.8. The SMILES string of the molecule is CCCCCCCCCCCCCCCCCCCCCCCC(=O)OC[C@H](COP(=O)(O)OC[C@@H](O)COP(=O)(O)OC[C@@H](COC(=O)CCCCCCCCCCCCC)OC(=O)CCCCCCCCCCC(C)C)OC(=O)CCCCCCCCCCCCCCCCCCCCC(C)CC. The van der Waals surface area contributed by atoms with Crippen LogP contribution in [0.5, 0.6) is 0 Å². The predicted octanol–water partition coefficient (Wildman–Crippen LogP) is 26.2. The van der Waals surface area contributed by atoms with Crippen molar-refractivity contribution in [1.29, 1.82) is 0 Å². The Hall–Kier alpha value is -1.94. The molecule has 17 nitrogen and oxygen atoms in total. The van der Waals surface area contributed by atoms with Gasteiger partial charge in [-0.05, 0) is 37.5 Å². The maximum atomic E-state index is 13.1. The lowest BCUT2D eigenvalue weighted by Gasteiger charge is -2.21. The van der Waals surface area contributed by atoms with E-state index >= 15 is 0 Å². The van der Waals surface area contributed by atoms with Gasteiger partial charge < -0.3 is 33.8 Å². The molecule has 0 aliphatic rings. The third-order valence-electron chi connectivity index (χ3n) is 20.6. The molecule has 105 heavy (non-hydrogen) atoms. The zero-order chi connectivity index (χ0) is 77.1. The molecule has 0 aliphatic heterocycles. The molecule has 0 fully saturated rings. The molecule has 0 saturated carbocycles. The maximum absolute atomic E-state index is 13.1. The van der Waals surface area contributed by atoms with E-state index in [1.54, 1.807) is 0 Å². The lowest BCUT2D eigenvalue weighted by atomic mass is 9.99. The van der Waals surface area contributed by atoms with Crippen LogP contribution in [-0.2, 0) is 65.4 Å². The number of hydrogen-bond acceptors (Lipinski definition) is 15. The van der Waals surface area contributed by atoms with Gasteiger partial charge in [-0.25, -0.2) is 9.13 Å². The fourth-order valence-electron chi connectivity index (χ4n) is 13.4. The van der Waals surface area contributed by atoms with Crippen molar-refractivity contribution in [3.8, 4) is 0 Å². The van der Waals surface area contributed by atoms with Crippen LogP contribution in [0.3, 0.4) is 0 Å². The highest BCUT2D eigenvalue weighted by Crippen LogP contribution is 2.45. The minimum atomic E-state index is -4.97. The van der Waals surface area contributed by atoms with Crippen molar-refractivity contribution in [2.45, 2.75) is 477 Å². The highest BCUT2D eigenvalue weighted by Gasteiger charge is 2.30. The number of esters is 4. The Morgan fingerprint density at radius 3 is 0.724 bits per heavy atom. The molecule has 624 valence electrons. The summed E-state index contributed by atoms with van der Waals surface area (Å²) in [5, 5.41) is 10.7. The molecule has 3 N–H and O–H groups in total. The lowest BCUT2D eigenvalue weighted by Crippen LogP contribution is -2.30. The molecule has 0 heterocycles. The molecule has 0 bridgehead atoms. The van der Waals surface area contributed by atoms with Gasteiger partial charge >= 0.3 is 39.5 Å². The smallest absolute Gasteiger partial charge is 0.462 e. The molecule has 0 spiro atoms. The topological polar surface area (TPSA) is 237 Å². The lowest BCUT2D eigenvalue weighted by molar-refractivity contribution is -0.161. The van der Waals surface area contributed by atoms with Gasteiger partial charge in [0.25, 0.3) is 0 Å². The van der Waals surface area contributed by atoms with Crippen LogP contribution in [0.25, 0.3) is 0 Å².